The third kappa shape index (κ3) is 2.67. The van der Waals surface area contributed by atoms with E-state index in [0.717, 1.165) is 5.69 Å². The lowest BCUT2D eigenvalue weighted by Gasteiger charge is -2.29. The van der Waals surface area contributed by atoms with Gasteiger partial charge in [0.25, 0.3) is 0 Å². The van der Waals surface area contributed by atoms with Crippen molar-refractivity contribution in [3.05, 3.63) is 29.8 Å². The molecule has 3 nitrogen and oxygen atoms in total. The predicted octanol–water partition coefficient (Wildman–Crippen LogP) is 2.30. The normalized spacial score (nSPS) is 21.1. The molecule has 1 fully saturated rings. The van der Waals surface area contributed by atoms with Gasteiger partial charge in [0.15, 0.2) is 0 Å². The van der Waals surface area contributed by atoms with Crippen molar-refractivity contribution in [3.8, 4) is 0 Å². The van der Waals surface area contributed by atoms with Crippen molar-refractivity contribution < 1.29 is 9.90 Å². The molecule has 1 aliphatic rings. The van der Waals surface area contributed by atoms with Crippen molar-refractivity contribution in [3.63, 3.8) is 0 Å². The number of hydrogen-bond donors (Lipinski definition) is 1. The molecule has 1 heterocycles. The molecule has 0 saturated carbocycles. The number of nitrogens with zero attached hydrogens (tertiary/aromatic N) is 1. The number of piperidine rings is 1. The lowest BCUT2D eigenvalue weighted by atomic mass is 10.0. The molecule has 0 radical (unpaired) electrons. The molecule has 92 valence electrons. The number of amides is 1. The van der Waals surface area contributed by atoms with Crippen LogP contribution in [0.4, 0.5) is 5.69 Å². The second-order valence-corrected chi connectivity index (χ2v) is 4.94. The van der Waals surface area contributed by atoms with Crippen LogP contribution in [0.2, 0.25) is 0 Å². The van der Waals surface area contributed by atoms with E-state index < -0.39 is 6.10 Å². The van der Waals surface area contributed by atoms with E-state index in [1.807, 2.05) is 12.1 Å². The van der Waals surface area contributed by atoms with Gasteiger partial charge in [-0.3, -0.25) is 4.79 Å². The van der Waals surface area contributed by atoms with Crippen LogP contribution in [-0.2, 0) is 4.79 Å². The average molecular weight is 233 g/mol. The smallest absolute Gasteiger partial charge is 0.229 e. The Morgan fingerprint density at radius 2 is 1.94 bits per heavy atom. The van der Waals surface area contributed by atoms with E-state index in [2.05, 4.69) is 26.0 Å². The van der Waals surface area contributed by atoms with Crippen molar-refractivity contribution in [2.45, 2.75) is 38.7 Å². The van der Waals surface area contributed by atoms with E-state index in [1.165, 1.54) is 5.56 Å². The Morgan fingerprint density at radius 1 is 1.29 bits per heavy atom. The molecule has 2 rings (SSSR count). The number of rotatable bonds is 2. The maximum Gasteiger partial charge on any atom is 0.229 e. The zero-order valence-electron chi connectivity index (χ0n) is 10.4. The Balaban J connectivity index is 2.14. The van der Waals surface area contributed by atoms with Crippen molar-refractivity contribution in [2.75, 3.05) is 11.4 Å². The van der Waals surface area contributed by atoms with E-state index >= 15 is 0 Å². The summed E-state index contributed by atoms with van der Waals surface area (Å²) in [5.74, 6) is 0.518. The second kappa shape index (κ2) is 4.88. The van der Waals surface area contributed by atoms with Gasteiger partial charge in [-0.25, -0.2) is 0 Å². The van der Waals surface area contributed by atoms with Crippen LogP contribution in [0.5, 0.6) is 0 Å². The number of aliphatic hydroxyl groups is 1. The van der Waals surface area contributed by atoms with Gasteiger partial charge in [0.05, 0.1) is 12.5 Å². The van der Waals surface area contributed by atoms with Crippen LogP contribution in [0.25, 0.3) is 0 Å². The number of aliphatic hydroxyl groups excluding tert-OH is 1. The maximum atomic E-state index is 11.8. The Morgan fingerprint density at radius 3 is 2.47 bits per heavy atom. The molecular formula is C14H19NO2. The predicted molar refractivity (Wildman–Crippen MR) is 68.1 cm³/mol. The van der Waals surface area contributed by atoms with Gasteiger partial charge in [0, 0.05) is 12.2 Å². The van der Waals surface area contributed by atoms with Crippen molar-refractivity contribution >= 4 is 11.6 Å². The van der Waals surface area contributed by atoms with Gasteiger partial charge in [-0.05, 0) is 30.0 Å². The minimum Gasteiger partial charge on any atom is -0.393 e. The van der Waals surface area contributed by atoms with Gasteiger partial charge in [-0.1, -0.05) is 26.0 Å². The van der Waals surface area contributed by atoms with Gasteiger partial charge in [0.1, 0.15) is 0 Å². The zero-order valence-corrected chi connectivity index (χ0v) is 10.4. The fourth-order valence-corrected chi connectivity index (χ4v) is 2.13. The number of hydrogen-bond acceptors (Lipinski definition) is 2. The van der Waals surface area contributed by atoms with Gasteiger partial charge in [-0.2, -0.15) is 0 Å². The quantitative estimate of drug-likeness (QED) is 0.851. The molecule has 1 saturated heterocycles. The highest BCUT2D eigenvalue weighted by Crippen LogP contribution is 2.23. The van der Waals surface area contributed by atoms with Crippen molar-refractivity contribution in [2.24, 2.45) is 0 Å². The minimum absolute atomic E-state index is 0.0149. The van der Waals surface area contributed by atoms with E-state index in [0.29, 0.717) is 18.9 Å². The molecule has 1 aromatic rings. The van der Waals surface area contributed by atoms with E-state index in [9.17, 15) is 9.90 Å². The summed E-state index contributed by atoms with van der Waals surface area (Å²) in [6.07, 6.45) is 0.442. The highest BCUT2D eigenvalue weighted by atomic mass is 16.3. The Labute approximate surface area is 102 Å². The van der Waals surface area contributed by atoms with E-state index in [1.54, 1.807) is 4.90 Å². The summed E-state index contributed by atoms with van der Waals surface area (Å²) in [5, 5.41) is 9.41. The van der Waals surface area contributed by atoms with Gasteiger partial charge < -0.3 is 10.0 Å². The molecule has 1 aromatic carbocycles. The van der Waals surface area contributed by atoms with Crippen molar-refractivity contribution in [1.29, 1.82) is 0 Å². The average Bonchev–Trinajstić information content (AvgIpc) is 2.29. The van der Waals surface area contributed by atoms with Crippen LogP contribution >= 0.6 is 0 Å². The zero-order chi connectivity index (χ0) is 12.4. The summed E-state index contributed by atoms with van der Waals surface area (Å²) < 4.78 is 0. The van der Waals surface area contributed by atoms with Crippen LogP contribution in [0.15, 0.2) is 24.3 Å². The van der Waals surface area contributed by atoms with E-state index in [-0.39, 0.29) is 12.3 Å². The van der Waals surface area contributed by atoms with Crippen LogP contribution in [0, 0.1) is 0 Å². The van der Waals surface area contributed by atoms with Crippen LogP contribution in [-0.4, -0.2) is 23.7 Å². The second-order valence-electron chi connectivity index (χ2n) is 4.94. The Kier molecular flexibility index (Phi) is 3.48. The molecule has 1 N–H and O–H groups in total. The fraction of sp³-hybridized carbons (Fsp3) is 0.500. The van der Waals surface area contributed by atoms with Gasteiger partial charge in [-0.15, -0.1) is 0 Å². The standard InChI is InChI=1S/C14H19NO2/c1-10(2)11-3-5-12(6-4-11)15-8-7-13(16)9-14(15)17/h3-6,10,13,16H,7-9H2,1-2H3. The first-order chi connectivity index (χ1) is 8.08. The molecule has 1 unspecified atom stereocenters. The van der Waals surface area contributed by atoms with Crippen LogP contribution in [0.3, 0.4) is 0 Å². The highest BCUT2D eigenvalue weighted by Gasteiger charge is 2.25. The molecule has 0 spiro atoms. The third-order valence-corrected chi connectivity index (χ3v) is 3.27. The molecule has 17 heavy (non-hydrogen) atoms. The largest absolute Gasteiger partial charge is 0.393 e. The van der Waals surface area contributed by atoms with E-state index in [4.69, 9.17) is 0 Å². The summed E-state index contributed by atoms with van der Waals surface area (Å²) in [4.78, 5) is 13.6. The summed E-state index contributed by atoms with van der Waals surface area (Å²) in [5.41, 5.74) is 2.21. The lowest BCUT2D eigenvalue weighted by molar-refractivity contribution is -0.122. The molecule has 0 aromatic heterocycles. The fourth-order valence-electron chi connectivity index (χ4n) is 2.13. The first kappa shape index (κ1) is 12.1. The number of carbonyl (C=O) groups is 1. The lowest BCUT2D eigenvalue weighted by Crippen LogP contribution is -2.40. The molecule has 1 amide bonds. The maximum absolute atomic E-state index is 11.8. The minimum atomic E-state index is -0.464. The summed E-state index contributed by atoms with van der Waals surface area (Å²) >= 11 is 0. The van der Waals surface area contributed by atoms with Crippen LogP contribution in [0.1, 0.15) is 38.2 Å². The molecule has 0 bridgehead atoms. The first-order valence-electron chi connectivity index (χ1n) is 6.16. The summed E-state index contributed by atoms with van der Waals surface area (Å²) in [7, 11) is 0. The van der Waals surface area contributed by atoms with Crippen molar-refractivity contribution in [1.82, 2.24) is 0 Å². The molecular weight excluding hydrogens is 214 g/mol. The number of anilines is 1. The molecule has 1 atom stereocenters. The molecule has 0 aliphatic carbocycles. The molecule has 3 heteroatoms. The number of benzene rings is 1. The monoisotopic (exact) mass is 233 g/mol. The Hall–Kier alpha value is -1.35. The summed E-state index contributed by atoms with van der Waals surface area (Å²) in [6.45, 7) is 4.91. The topological polar surface area (TPSA) is 40.5 Å². The first-order valence-corrected chi connectivity index (χ1v) is 6.16. The van der Waals surface area contributed by atoms with Gasteiger partial charge >= 0.3 is 0 Å². The molecule has 1 aliphatic heterocycles. The summed E-state index contributed by atoms with van der Waals surface area (Å²) in [6, 6.07) is 8.12. The highest BCUT2D eigenvalue weighted by molar-refractivity contribution is 5.94. The van der Waals surface area contributed by atoms with Crippen LogP contribution < -0.4 is 4.90 Å². The Bertz CT molecular complexity index is 397. The SMILES string of the molecule is CC(C)c1ccc(N2CCC(O)CC2=O)cc1. The third-order valence-electron chi connectivity index (χ3n) is 3.27. The number of carbonyl (C=O) groups excluding carboxylic acids is 1. The van der Waals surface area contributed by atoms with Gasteiger partial charge in [0.2, 0.25) is 5.91 Å².